The van der Waals surface area contributed by atoms with Gasteiger partial charge in [-0.05, 0) is 5.41 Å². The summed E-state index contributed by atoms with van der Waals surface area (Å²) in [6.45, 7) is 7.46. The van der Waals surface area contributed by atoms with E-state index in [4.69, 9.17) is 5.26 Å². The minimum atomic E-state index is -0.173. The number of carbonyl (C=O) groups excluding carboxylic acids is 1. The molecule has 0 saturated heterocycles. The molecule has 2 heteroatoms. The molecule has 0 aromatic rings. The van der Waals surface area contributed by atoms with Crippen molar-refractivity contribution >= 4 is 5.78 Å². The molecular weight excluding hydrogens is 138 g/mol. The van der Waals surface area contributed by atoms with Crippen molar-refractivity contribution in [1.29, 1.82) is 5.26 Å². The average Bonchev–Trinajstić information content (AvgIpc) is 1.87. The Kier molecular flexibility index (Phi) is 3.53. The molecule has 0 spiro atoms. The maximum Gasteiger partial charge on any atom is 0.147 e. The summed E-state index contributed by atoms with van der Waals surface area (Å²) in [6.07, 6.45) is 2.16. The molecular formula is C9H13NO. The molecule has 0 radical (unpaired) electrons. The predicted molar refractivity (Wildman–Crippen MR) is 43.8 cm³/mol. The fraction of sp³-hybridized carbons (Fsp3) is 0.556. The standard InChI is InChI=1S/C9H13NO/c1-4-9(2,3)7-8(11)5-6-10/h4H,1,5,7H2,2-3H3. The van der Waals surface area contributed by atoms with Crippen molar-refractivity contribution in [3.63, 3.8) is 0 Å². The highest BCUT2D eigenvalue weighted by atomic mass is 16.1. The number of hydrogen-bond donors (Lipinski definition) is 0. The number of rotatable bonds is 4. The highest BCUT2D eigenvalue weighted by Crippen LogP contribution is 2.21. The van der Waals surface area contributed by atoms with Gasteiger partial charge in [-0.3, -0.25) is 4.79 Å². The number of carbonyl (C=O) groups is 1. The second-order valence-electron chi connectivity index (χ2n) is 3.24. The number of Topliss-reactive ketones (excluding diaryl/α,β-unsaturated/α-hetero) is 1. The van der Waals surface area contributed by atoms with Crippen LogP contribution in [0.1, 0.15) is 26.7 Å². The Bertz CT molecular complexity index is 198. The van der Waals surface area contributed by atoms with Crippen molar-refractivity contribution in [2.45, 2.75) is 26.7 Å². The molecule has 0 unspecified atom stereocenters. The molecule has 0 rings (SSSR count). The van der Waals surface area contributed by atoms with Gasteiger partial charge in [-0.25, -0.2) is 0 Å². The predicted octanol–water partition coefficient (Wildman–Crippen LogP) is 2.07. The van der Waals surface area contributed by atoms with Crippen LogP contribution in [0.15, 0.2) is 12.7 Å². The first-order chi connectivity index (χ1) is 5.02. The van der Waals surface area contributed by atoms with Crippen LogP contribution >= 0.6 is 0 Å². The summed E-state index contributed by atoms with van der Waals surface area (Å²) in [5, 5.41) is 8.21. The molecule has 0 fully saturated rings. The lowest BCUT2D eigenvalue weighted by Gasteiger charge is -2.16. The van der Waals surface area contributed by atoms with E-state index >= 15 is 0 Å². The first-order valence-corrected chi connectivity index (χ1v) is 3.54. The van der Waals surface area contributed by atoms with Crippen molar-refractivity contribution in [3.8, 4) is 6.07 Å². The summed E-state index contributed by atoms with van der Waals surface area (Å²) in [6, 6.07) is 1.83. The highest BCUT2D eigenvalue weighted by Gasteiger charge is 2.17. The third kappa shape index (κ3) is 4.32. The summed E-state index contributed by atoms with van der Waals surface area (Å²) in [5.41, 5.74) is -0.173. The van der Waals surface area contributed by atoms with Crippen LogP contribution in [0.4, 0.5) is 0 Å². The fourth-order valence-corrected chi connectivity index (χ4v) is 0.731. The van der Waals surface area contributed by atoms with E-state index in [1.165, 1.54) is 0 Å². The van der Waals surface area contributed by atoms with E-state index in [9.17, 15) is 4.79 Å². The van der Waals surface area contributed by atoms with Crippen LogP contribution in [-0.2, 0) is 4.79 Å². The Morgan fingerprint density at radius 1 is 1.73 bits per heavy atom. The van der Waals surface area contributed by atoms with Gasteiger partial charge in [0.1, 0.15) is 5.78 Å². The third-order valence-corrected chi connectivity index (χ3v) is 1.48. The minimum Gasteiger partial charge on any atom is -0.299 e. The first kappa shape index (κ1) is 9.90. The quantitative estimate of drug-likeness (QED) is 0.577. The van der Waals surface area contributed by atoms with Crippen molar-refractivity contribution in [2.75, 3.05) is 0 Å². The monoisotopic (exact) mass is 151 g/mol. The van der Waals surface area contributed by atoms with Crippen molar-refractivity contribution < 1.29 is 4.79 Å². The van der Waals surface area contributed by atoms with Gasteiger partial charge in [-0.15, -0.1) is 6.58 Å². The molecule has 0 amide bonds. The first-order valence-electron chi connectivity index (χ1n) is 3.54. The van der Waals surface area contributed by atoms with E-state index in [-0.39, 0.29) is 17.6 Å². The lowest BCUT2D eigenvalue weighted by Crippen LogP contribution is -2.13. The second-order valence-corrected chi connectivity index (χ2v) is 3.24. The maximum absolute atomic E-state index is 10.9. The van der Waals surface area contributed by atoms with Gasteiger partial charge in [0.05, 0.1) is 12.5 Å². The van der Waals surface area contributed by atoms with Crippen LogP contribution in [0.2, 0.25) is 0 Å². The molecule has 0 bridgehead atoms. The molecule has 0 aliphatic heterocycles. The average molecular weight is 151 g/mol. The molecule has 0 heterocycles. The van der Waals surface area contributed by atoms with E-state index in [0.29, 0.717) is 6.42 Å². The van der Waals surface area contributed by atoms with Gasteiger partial charge < -0.3 is 0 Å². The molecule has 11 heavy (non-hydrogen) atoms. The number of ketones is 1. The van der Waals surface area contributed by atoms with Gasteiger partial charge in [0.25, 0.3) is 0 Å². The molecule has 0 N–H and O–H groups in total. The molecule has 60 valence electrons. The lowest BCUT2D eigenvalue weighted by molar-refractivity contribution is -0.119. The van der Waals surface area contributed by atoms with Crippen LogP contribution in [0.3, 0.4) is 0 Å². The number of nitrogens with zero attached hydrogens (tertiary/aromatic N) is 1. The van der Waals surface area contributed by atoms with E-state index in [1.54, 1.807) is 6.08 Å². The van der Waals surface area contributed by atoms with E-state index in [1.807, 2.05) is 19.9 Å². The number of hydrogen-bond acceptors (Lipinski definition) is 2. The second kappa shape index (κ2) is 3.92. The van der Waals surface area contributed by atoms with Crippen molar-refractivity contribution in [1.82, 2.24) is 0 Å². The Hall–Kier alpha value is -1.10. The molecule has 0 aromatic carbocycles. The lowest BCUT2D eigenvalue weighted by atomic mass is 9.87. The van der Waals surface area contributed by atoms with E-state index in [0.717, 1.165) is 0 Å². The van der Waals surface area contributed by atoms with Crippen LogP contribution in [0.25, 0.3) is 0 Å². The Morgan fingerprint density at radius 2 is 2.27 bits per heavy atom. The molecule has 0 atom stereocenters. The minimum absolute atomic E-state index is 0.0112. The van der Waals surface area contributed by atoms with Gasteiger partial charge in [-0.2, -0.15) is 5.26 Å². The Morgan fingerprint density at radius 3 is 2.64 bits per heavy atom. The third-order valence-electron chi connectivity index (χ3n) is 1.48. The summed E-state index contributed by atoms with van der Waals surface area (Å²) >= 11 is 0. The summed E-state index contributed by atoms with van der Waals surface area (Å²) in [5.74, 6) is -0.0163. The summed E-state index contributed by atoms with van der Waals surface area (Å²) < 4.78 is 0. The molecule has 0 aromatic heterocycles. The van der Waals surface area contributed by atoms with Crippen molar-refractivity contribution in [3.05, 3.63) is 12.7 Å². The van der Waals surface area contributed by atoms with Crippen LogP contribution in [-0.4, -0.2) is 5.78 Å². The summed E-state index contributed by atoms with van der Waals surface area (Å²) in [4.78, 5) is 10.9. The van der Waals surface area contributed by atoms with Gasteiger partial charge in [0.15, 0.2) is 0 Å². The highest BCUT2D eigenvalue weighted by molar-refractivity contribution is 5.81. The van der Waals surface area contributed by atoms with E-state index in [2.05, 4.69) is 6.58 Å². The number of nitriles is 1. The van der Waals surface area contributed by atoms with Crippen molar-refractivity contribution in [2.24, 2.45) is 5.41 Å². The Balaban J connectivity index is 3.95. The zero-order valence-electron chi connectivity index (χ0n) is 7.05. The topological polar surface area (TPSA) is 40.9 Å². The summed E-state index contributed by atoms with van der Waals surface area (Å²) in [7, 11) is 0. The smallest absolute Gasteiger partial charge is 0.147 e. The largest absolute Gasteiger partial charge is 0.299 e. The van der Waals surface area contributed by atoms with Gasteiger partial charge in [0, 0.05) is 6.42 Å². The molecule has 0 aliphatic rings. The van der Waals surface area contributed by atoms with Gasteiger partial charge in [-0.1, -0.05) is 19.9 Å². The zero-order chi connectivity index (χ0) is 8.91. The maximum atomic E-state index is 10.9. The van der Waals surface area contributed by atoms with Crippen LogP contribution < -0.4 is 0 Å². The van der Waals surface area contributed by atoms with Gasteiger partial charge >= 0.3 is 0 Å². The van der Waals surface area contributed by atoms with E-state index < -0.39 is 0 Å². The fourth-order valence-electron chi connectivity index (χ4n) is 0.731. The molecule has 2 nitrogen and oxygen atoms in total. The normalized spacial score (nSPS) is 10.3. The van der Waals surface area contributed by atoms with Gasteiger partial charge in [0.2, 0.25) is 0 Å². The Labute approximate surface area is 67.5 Å². The number of allylic oxidation sites excluding steroid dienone is 1. The SMILES string of the molecule is C=CC(C)(C)CC(=O)CC#N. The zero-order valence-corrected chi connectivity index (χ0v) is 7.05. The molecule has 0 saturated carbocycles. The van der Waals surface area contributed by atoms with Crippen LogP contribution in [0, 0.1) is 16.7 Å². The molecule has 0 aliphatic carbocycles. The van der Waals surface area contributed by atoms with Crippen LogP contribution in [0.5, 0.6) is 0 Å².